The third kappa shape index (κ3) is 4.57. The van der Waals surface area contributed by atoms with Crippen LogP contribution in [0.1, 0.15) is 11.5 Å². The second-order valence-corrected chi connectivity index (χ2v) is 12.7. The average molecular weight is 643 g/mol. The van der Waals surface area contributed by atoms with Gasteiger partial charge in [0.2, 0.25) is 0 Å². The first-order valence-electron chi connectivity index (χ1n) is 16.9. The number of aromatic nitrogens is 4. The van der Waals surface area contributed by atoms with Crippen molar-refractivity contribution in [1.29, 1.82) is 0 Å². The van der Waals surface area contributed by atoms with Crippen LogP contribution in [0.3, 0.4) is 0 Å². The summed E-state index contributed by atoms with van der Waals surface area (Å²) in [5, 5.41) is 2.34. The molecule has 236 valence electrons. The zero-order chi connectivity index (χ0) is 33.0. The minimum absolute atomic E-state index is 0.0235. The van der Waals surface area contributed by atoms with Gasteiger partial charge >= 0.3 is 0 Å². The van der Waals surface area contributed by atoms with E-state index in [0.29, 0.717) is 0 Å². The summed E-state index contributed by atoms with van der Waals surface area (Å²) in [6.45, 7) is 0. The summed E-state index contributed by atoms with van der Waals surface area (Å²) in [7, 11) is 0. The Hall–Kier alpha value is -6.66. The van der Waals surface area contributed by atoms with E-state index >= 15 is 0 Å². The minimum atomic E-state index is 0.0235. The number of nitrogens with zero attached hydrogens (tertiary/aromatic N) is 6. The zero-order valence-electron chi connectivity index (χ0n) is 27.0. The Morgan fingerprint density at radius 3 is 2.02 bits per heavy atom. The summed E-state index contributed by atoms with van der Waals surface area (Å²) < 4.78 is 2.24. The summed E-state index contributed by atoms with van der Waals surface area (Å²) in [6.07, 6.45) is 12.0. The average Bonchev–Trinajstić information content (AvgIpc) is 3.71. The van der Waals surface area contributed by atoms with Crippen molar-refractivity contribution in [2.75, 3.05) is 4.90 Å². The topological polar surface area (TPSA) is 59.2 Å². The fourth-order valence-corrected chi connectivity index (χ4v) is 7.56. The van der Waals surface area contributed by atoms with Crippen LogP contribution in [0.25, 0.3) is 61.3 Å². The molecular weight excluding hydrogens is 613 g/mol. The van der Waals surface area contributed by atoms with Crippen molar-refractivity contribution in [2.45, 2.75) is 12.1 Å². The Kier molecular flexibility index (Phi) is 6.52. The van der Waals surface area contributed by atoms with Crippen LogP contribution in [0.4, 0.5) is 11.4 Å². The molecule has 4 aromatic carbocycles. The van der Waals surface area contributed by atoms with E-state index in [1.165, 1.54) is 16.6 Å². The third-order valence-corrected chi connectivity index (χ3v) is 9.90. The van der Waals surface area contributed by atoms with Crippen LogP contribution in [0.5, 0.6) is 0 Å². The van der Waals surface area contributed by atoms with E-state index in [1.54, 1.807) is 0 Å². The number of fused-ring (bicyclic) bond motifs is 6. The van der Waals surface area contributed by atoms with Gasteiger partial charge in [0.1, 0.15) is 11.8 Å². The highest BCUT2D eigenvalue weighted by Gasteiger charge is 2.38. The maximum absolute atomic E-state index is 4.87. The lowest BCUT2D eigenvalue weighted by Gasteiger charge is -2.28. The molecule has 4 aromatic heterocycles. The number of anilines is 2. The van der Waals surface area contributed by atoms with Crippen molar-refractivity contribution < 1.29 is 0 Å². The van der Waals surface area contributed by atoms with Gasteiger partial charge in [-0.05, 0) is 83.4 Å². The fraction of sp³-hybridized carbons (Fsp3) is 0.0455. The largest absolute Gasteiger partial charge is 0.318 e. The number of benzene rings is 4. The van der Waals surface area contributed by atoms with Crippen LogP contribution >= 0.6 is 0 Å². The van der Waals surface area contributed by atoms with E-state index in [4.69, 9.17) is 19.9 Å². The molecule has 0 amide bonds. The Morgan fingerprint density at radius 2 is 1.24 bits per heavy atom. The molecule has 8 aromatic rings. The Labute approximate surface area is 289 Å². The molecule has 0 bridgehead atoms. The fourth-order valence-electron chi connectivity index (χ4n) is 7.56. The van der Waals surface area contributed by atoms with Gasteiger partial charge in [-0.25, -0.2) is 4.98 Å². The predicted octanol–water partition coefficient (Wildman–Crippen LogP) is 10.2. The lowest BCUT2D eigenvalue weighted by Crippen LogP contribution is -2.29. The van der Waals surface area contributed by atoms with Gasteiger partial charge in [-0.15, -0.1) is 0 Å². The lowest BCUT2D eigenvalue weighted by atomic mass is 9.97. The molecule has 0 fully saturated rings. The third-order valence-electron chi connectivity index (χ3n) is 9.90. The number of dihydropyridines is 1. The quantitative estimate of drug-likeness (QED) is 0.187. The molecule has 6 nitrogen and oxygen atoms in total. The van der Waals surface area contributed by atoms with E-state index in [-0.39, 0.29) is 12.1 Å². The van der Waals surface area contributed by atoms with Gasteiger partial charge < -0.3 is 4.90 Å². The normalized spacial score (nSPS) is 16.2. The summed E-state index contributed by atoms with van der Waals surface area (Å²) in [5.74, 6) is 0.251. The van der Waals surface area contributed by atoms with Crippen LogP contribution in [0.15, 0.2) is 169 Å². The van der Waals surface area contributed by atoms with Gasteiger partial charge in [-0.3, -0.25) is 19.5 Å². The van der Waals surface area contributed by atoms with E-state index in [2.05, 4.69) is 143 Å². The molecule has 2 aliphatic heterocycles. The molecule has 2 unspecified atom stereocenters. The smallest absolute Gasteiger partial charge is 0.145 e. The molecule has 6 heteroatoms. The molecule has 2 aliphatic rings. The van der Waals surface area contributed by atoms with Gasteiger partial charge in [-0.1, -0.05) is 78.9 Å². The molecular formula is C44H30N6. The Bertz CT molecular complexity index is 2560. The van der Waals surface area contributed by atoms with Crippen molar-refractivity contribution in [2.24, 2.45) is 4.99 Å². The van der Waals surface area contributed by atoms with Crippen LogP contribution in [0, 0.1) is 0 Å². The van der Waals surface area contributed by atoms with Gasteiger partial charge in [0.15, 0.2) is 0 Å². The van der Waals surface area contributed by atoms with Gasteiger partial charge in [-0.2, -0.15) is 0 Å². The maximum Gasteiger partial charge on any atom is 0.145 e. The molecule has 10 rings (SSSR count). The Balaban J connectivity index is 0.924. The van der Waals surface area contributed by atoms with E-state index in [0.717, 1.165) is 61.6 Å². The molecule has 0 radical (unpaired) electrons. The highest BCUT2D eigenvalue weighted by Crippen LogP contribution is 2.47. The molecule has 0 saturated heterocycles. The molecule has 0 N–H and O–H groups in total. The summed E-state index contributed by atoms with van der Waals surface area (Å²) in [6, 6.07) is 46.8. The van der Waals surface area contributed by atoms with E-state index < -0.39 is 0 Å². The minimum Gasteiger partial charge on any atom is -0.318 e. The summed E-state index contributed by atoms with van der Waals surface area (Å²) in [4.78, 5) is 21.6. The molecule has 2 atom stereocenters. The van der Waals surface area contributed by atoms with Gasteiger partial charge in [0.25, 0.3) is 0 Å². The second-order valence-electron chi connectivity index (χ2n) is 12.7. The first-order chi connectivity index (χ1) is 24.8. The van der Waals surface area contributed by atoms with Gasteiger partial charge in [0, 0.05) is 69.7 Å². The number of allylic oxidation sites excluding steroid dienone is 1. The zero-order valence-corrected chi connectivity index (χ0v) is 27.0. The number of rotatable bonds is 5. The number of pyridine rings is 3. The first-order valence-corrected chi connectivity index (χ1v) is 16.9. The van der Waals surface area contributed by atoms with Crippen molar-refractivity contribution in [3.8, 4) is 39.3 Å². The number of aliphatic imine (C=N–C) groups is 1. The van der Waals surface area contributed by atoms with Crippen molar-refractivity contribution in [3.05, 3.63) is 170 Å². The van der Waals surface area contributed by atoms with Crippen molar-refractivity contribution in [1.82, 2.24) is 19.5 Å². The number of hydrogen-bond donors (Lipinski definition) is 0. The molecule has 0 spiro atoms. The van der Waals surface area contributed by atoms with Crippen LogP contribution in [-0.4, -0.2) is 31.9 Å². The standard InChI is InChI=1S/C44H30N6/c1-3-17-41-35(13-1)37-15-7-23-45-43(37)49(41)33-11-5-9-29(25-33)31-19-21-39(47-27-31)40-22-20-32(28-48-40)30-10-6-12-34(26-30)50-42-18-4-2-14-36(42)38-16-8-24-46-44(38)50/h1-28,37,43H. The van der Waals surface area contributed by atoms with Crippen molar-refractivity contribution in [3.63, 3.8) is 0 Å². The Morgan fingerprint density at radius 1 is 0.540 bits per heavy atom. The molecule has 6 heterocycles. The van der Waals surface area contributed by atoms with Crippen LogP contribution < -0.4 is 4.90 Å². The first kappa shape index (κ1) is 28.4. The van der Waals surface area contributed by atoms with E-state index in [1.807, 2.05) is 36.9 Å². The van der Waals surface area contributed by atoms with Gasteiger partial charge in [0.05, 0.1) is 16.9 Å². The second kappa shape index (κ2) is 11.5. The summed E-state index contributed by atoms with van der Waals surface area (Å²) in [5.41, 5.74) is 12.8. The monoisotopic (exact) mass is 642 g/mol. The molecule has 0 aliphatic carbocycles. The summed E-state index contributed by atoms with van der Waals surface area (Å²) >= 11 is 0. The molecule has 0 saturated carbocycles. The maximum atomic E-state index is 4.87. The molecule has 50 heavy (non-hydrogen) atoms. The number of hydrogen-bond acceptors (Lipinski definition) is 5. The van der Waals surface area contributed by atoms with Crippen molar-refractivity contribution >= 4 is 39.5 Å². The lowest BCUT2D eigenvalue weighted by molar-refractivity contribution is 0.659. The van der Waals surface area contributed by atoms with Crippen LogP contribution in [0.2, 0.25) is 0 Å². The highest BCUT2D eigenvalue weighted by atomic mass is 15.3. The number of para-hydroxylation sites is 2. The van der Waals surface area contributed by atoms with E-state index in [9.17, 15) is 0 Å². The highest BCUT2D eigenvalue weighted by molar-refractivity contribution is 6.07. The van der Waals surface area contributed by atoms with Crippen LogP contribution in [-0.2, 0) is 0 Å². The SMILES string of the molecule is C1=CC2c3ccccc3N(c3cccc(-c4ccc(-c5ccc(-c6cccc(-n7c8ccccc8c8cccnc87)c6)cn5)nc4)c3)C2N=C1. The predicted molar refractivity (Wildman–Crippen MR) is 203 cm³/mol.